The van der Waals surface area contributed by atoms with Crippen LogP contribution in [0.15, 0.2) is 0 Å². The van der Waals surface area contributed by atoms with Crippen LogP contribution in [0.1, 0.15) is 324 Å². The molecule has 0 spiro atoms. The summed E-state index contributed by atoms with van der Waals surface area (Å²) in [5.74, 6) is 1.75. The average molecular weight is 920 g/mol. The Hall–Kier alpha value is -1.59. The summed E-state index contributed by atoms with van der Waals surface area (Å²) in [6.45, 7) is 13.8. The van der Waals surface area contributed by atoms with Crippen molar-refractivity contribution in [3.63, 3.8) is 0 Å². The number of rotatable bonds is 52. The Morgan fingerprint density at radius 3 is 0.800 bits per heavy atom. The summed E-state index contributed by atoms with van der Waals surface area (Å²) >= 11 is 0. The molecule has 0 aromatic carbocycles. The van der Waals surface area contributed by atoms with Crippen molar-refractivity contribution >= 4 is 17.9 Å². The highest BCUT2D eigenvalue weighted by atomic mass is 16.6. The fraction of sp³-hybridized carbons (Fsp3) is 0.949. The zero-order valence-electron chi connectivity index (χ0n) is 44.8. The van der Waals surface area contributed by atoms with E-state index in [-0.39, 0.29) is 31.1 Å². The number of carbonyl (C=O) groups excluding carboxylic acids is 3. The molecule has 0 saturated carbocycles. The van der Waals surface area contributed by atoms with Gasteiger partial charge in [0.05, 0.1) is 0 Å². The normalized spacial score (nSPS) is 13.0. The minimum Gasteiger partial charge on any atom is -0.462 e. The van der Waals surface area contributed by atoms with E-state index in [1.54, 1.807) is 0 Å². The maximum atomic E-state index is 12.8. The molecule has 0 heterocycles. The summed E-state index contributed by atoms with van der Waals surface area (Å²) in [4.78, 5) is 38.2. The zero-order chi connectivity index (χ0) is 47.7. The van der Waals surface area contributed by atoms with Crippen LogP contribution in [0.5, 0.6) is 0 Å². The molecule has 65 heavy (non-hydrogen) atoms. The Morgan fingerprint density at radius 2 is 0.538 bits per heavy atom. The van der Waals surface area contributed by atoms with Crippen molar-refractivity contribution < 1.29 is 28.6 Å². The highest BCUT2D eigenvalue weighted by Crippen LogP contribution is 2.19. The predicted octanol–water partition coefficient (Wildman–Crippen LogP) is 19.1. The van der Waals surface area contributed by atoms with E-state index in [2.05, 4.69) is 41.5 Å². The van der Waals surface area contributed by atoms with Crippen molar-refractivity contribution in [2.45, 2.75) is 330 Å². The molecule has 3 atom stereocenters. The van der Waals surface area contributed by atoms with Gasteiger partial charge in [-0.3, -0.25) is 14.4 Å². The number of carbonyl (C=O) groups is 3. The van der Waals surface area contributed by atoms with Crippen molar-refractivity contribution in [1.82, 2.24) is 0 Å². The largest absolute Gasteiger partial charge is 0.462 e. The minimum atomic E-state index is -0.764. The van der Waals surface area contributed by atoms with Gasteiger partial charge in [-0.2, -0.15) is 0 Å². The molecule has 0 fully saturated rings. The Morgan fingerprint density at radius 1 is 0.308 bits per heavy atom. The van der Waals surface area contributed by atoms with E-state index in [1.807, 2.05) is 0 Å². The molecule has 0 aromatic heterocycles. The van der Waals surface area contributed by atoms with Gasteiger partial charge in [-0.05, 0) is 37.0 Å². The molecule has 2 unspecified atom stereocenters. The first kappa shape index (κ1) is 63.4. The van der Waals surface area contributed by atoms with Crippen molar-refractivity contribution in [2.75, 3.05) is 13.2 Å². The Kier molecular flexibility index (Phi) is 49.1. The summed E-state index contributed by atoms with van der Waals surface area (Å²) in [7, 11) is 0. The van der Waals surface area contributed by atoms with Gasteiger partial charge < -0.3 is 14.2 Å². The van der Waals surface area contributed by atoms with Gasteiger partial charge >= 0.3 is 17.9 Å². The first-order valence-electron chi connectivity index (χ1n) is 29.2. The van der Waals surface area contributed by atoms with Gasteiger partial charge in [0.1, 0.15) is 13.2 Å². The average Bonchev–Trinajstić information content (AvgIpc) is 3.29. The molecular weight excluding hydrogens is 805 g/mol. The van der Waals surface area contributed by atoms with E-state index in [9.17, 15) is 14.4 Å². The van der Waals surface area contributed by atoms with Crippen LogP contribution in [0.4, 0.5) is 0 Å². The lowest BCUT2D eigenvalue weighted by atomic mass is 9.99. The van der Waals surface area contributed by atoms with Gasteiger partial charge in [0.15, 0.2) is 6.10 Å². The zero-order valence-corrected chi connectivity index (χ0v) is 44.8. The second-order valence-corrected chi connectivity index (χ2v) is 21.2. The molecule has 0 amide bonds. The lowest BCUT2D eigenvalue weighted by Gasteiger charge is -2.18. The van der Waals surface area contributed by atoms with Gasteiger partial charge in [0.25, 0.3) is 0 Å². The molecule has 0 saturated heterocycles. The number of unbranched alkanes of at least 4 members (excludes halogenated alkanes) is 33. The third-order valence-electron chi connectivity index (χ3n) is 14.1. The van der Waals surface area contributed by atoms with Crippen LogP contribution in [0, 0.1) is 17.8 Å². The third-order valence-corrected chi connectivity index (χ3v) is 14.1. The maximum Gasteiger partial charge on any atom is 0.306 e. The maximum absolute atomic E-state index is 12.8. The van der Waals surface area contributed by atoms with Crippen LogP contribution in [0.25, 0.3) is 0 Å². The Bertz CT molecular complexity index is 1010. The van der Waals surface area contributed by atoms with E-state index in [0.29, 0.717) is 19.3 Å². The summed E-state index contributed by atoms with van der Waals surface area (Å²) in [5, 5.41) is 0. The summed E-state index contributed by atoms with van der Waals surface area (Å²) < 4.78 is 16.9. The van der Waals surface area contributed by atoms with E-state index in [0.717, 1.165) is 75.5 Å². The lowest BCUT2D eigenvalue weighted by molar-refractivity contribution is -0.167. The second-order valence-electron chi connectivity index (χ2n) is 21.2. The molecule has 0 rings (SSSR count). The van der Waals surface area contributed by atoms with Crippen LogP contribution >= 0.6 is 0 Å². The Balaban J connectivity index is 4.30. The Labute approximate surface area is 406 Å². The topological polar surface area (TPSA) is 78.9 Å². The minimum absolute atomic E-state index is 0.0636. The first-order valence-corrected chi connectivity index (χ1v) is 29.2. The van der Waals surface area contributed by atoms with Crippen LogP contribution in [-0.4, -0.2) is 37.2 Å². The predicted molar refractivity (Wildman–Crippen MR) is 279 cm³/mol. The SMILES string of the molecule is CCC(C)CCCCCCCCCCCCCCCCC(=O)OC[C@H](COC(=O)CCCCCCCCCCCCCCC(C)C)OC(=O)CCCCCCCCCCCCC(C)CC. The first-order chi connectivity index (χ1) is 31.7. The van der Waals surface area contributed by atoms with Crippen LogP contribution in [0.2, 0.25) is 0 Å². The standard InChI is InChI=1S/C59H114O6/c1-7-54(5)46-40-34-28-22-16-11-9-10-12-17-24-30-36-42-48-57(60)63-51-56(65-59(62)50-44-38-32-26-20-19-23-29-35-41-47-55(6)8-2)52-64-58(61)49-43-37-31-25-18-14-13-15-21-27-33-39-45-53(3)4/h53-56H,7-52H2,1-6H3/t54?,55?,56-/m1/s1. The molecule has 0 aliphatic rings. The van der Waals surface area contributed by atoms with Gasteiger partial charge in [-0.1, -0.05) is 286 Å². The number of esters is 3. The smallest absolute Gasteiger partial charge is 0.306 e. The van der Waals surface area contributed by atoms with Crippen molar-refractivity contribution in [3.05, 3.63) is 0 Å². The fourth-order valence-electron chi connectivity index (χ4n) is 8.93. The molecule has 0 aliphatic carbocycles. The third kappa shape index (κ3) is 50.1. The van der Waals surface area contributed by atoms with Gasteiger partial charge in [-0.15, -0.1) is 0 Å². The lowest BCUT2D eigenvalue weighted by Crippen LogP contribution is -2.30. The molecule has 6 nitrogen and oxygen atoms in total. The summed E-state index contributed by atoms with van der Waals surface area (Å²) in [5.41, 5.74) is 0. The van der Waals surface area contributed by atoms with Gasteiger partial charge in [-0.25, -0.2) is 0 Å². The molecule has 0 aromatic rings. The molecule has 386 valence electrons. The number of hydrogen-bond acceptors (Lipinski definition) is 6. The van der Waals surface area contributed by atoms with Crippen LogP contribution in [0.3, 0.4) is 0 Å². The second kappa shape index (κ2) is 50.3. The van der Waals surface area contributed by atoms with E-state index < -0.39 is 6.10 Å². The molecular formula is C59H114O6. The summed E-state index contributed by atoms with van der Waals surface area (Å²) in [6, 6.07) is 0. The molecule has 6 heteroatoms. The molecule has 0 N–H and O–H groups in total. The molecule has 0 aliphatic heterocycles. The fourth-order valence-corrected chi connectivity index (χ4v) is 8.93. The number of ether oxygens (including phenoxy) is 3. The number of hydrogen-bond donors (Lipinski definition) is 0. The highest BCUT2D eigenvalue weighted by Gasteiger charge is 2.19. The monoisotopic (exact) mass is 919 g/mol. The van der Waals surface area contributed by atoms with Crippen molar-refractivity contribution in [1.29, 1.82) is 0 Å². The summed E-state index contributed by atoms with van der Waals surface area (Å²) in [6.07, 6.45) is 52.2. The van der Waals surface area contributed by atoms with Crippen molar-refractivity contribution in [3.8, 4) is 0 Å². The van der Waals surface area contributed by atoms with Crippen molar-refractivity contribution in [2.24, 2.45) is 17.8 Å². The van der Waals surface area contributed by atoms with E-state index >= 15 is 0 Å². The van der Waals surface area contributed by atoms with Gasteiger partial charge in [0, 0.05) is 19.3 Å². The molecule has 0 radical (unpaired) electrons. The quantitative estimate of drug-likeness (QED) is 0.0344. The van der Waals surface area contributed by atoms with Crippen LogP contribution < -0.4 is 0 Å². The highest BCUT2D eigenvalue weighted by molar-refractivity contribution is 5.71. The van der Waals surface area contributed by atoms with Gasteiger partial charge in [0.2, 0.25) is 0 Å². The van der Waals surface area contributed by atoms with E-state index in [1.165, 1.54) is 205 Å². The van der Waals surface area contributed by atoms with Crippen LogP contribution in [-0.2, 0) is 28.6 Å². The molecule has 0 bridgehead atoms. The van der Waals surface area contributed by atoms with E-state index in [4.69, 9.17) is 14.2 Å².